The standard InChI is InChI=1S/C11H19N3O2/c1-7-5-14(6-9(7)12)11(16)8-2-3-10(15)13-4-8/h7-9H,2-6,12H2,1H3,(H,13,15). The fraction of sp³-hybridized carbons (Fsp3) is 0.818. The molecule has 5 heteroatoms. The number of nitrogens with zero attached hydrogens (tertiary/aromatic N) is 1. The van der Waals surface area contributed by atoms with E-state index in [1.54, 1.807) is 0 Å². The van der Waals surface area contributed by atoms with Crippen molar-refractivity contribution in [1.29, 1.82) is 0 Å². The maximum atomic E-state index is 12.1. The molecule has 2 aliphatic rings. The van der Waals surface area contributed by atoms with Gasteiger partial charge in [0.2, 0.25) is 11.8 Å². The first kappa shape index (κ1) is 11.4. The number of likely N-dealkylation sites (tertiary alicyclic amines) is 1. The van der Waals surface area contributed by atoms with E-state index in [1.165, 1.54) is 0 Å². The van der Waals surface area contributed by atoms with E-state index in [2.05, 4.69) is 12.2 Å². The van der Waals surface area contributed by atoms with Crippen molar-refractivity contribution in [3.05, 3.63) is 0 Å². The third kappa shape index (κ3) is 2.19. The predicted octanol–water partition coefficient (Wildman–Crippen LogP) is -0.682. The molecule has 0 saturated carbocycles. The zero-order valence-corrected chi connectivity index (χ0v) is 9.61. The molecule has 3 unspecified atom stereocenters. The van der Waals surface area contributed by atoms with Crippen molar-refractivity contribution < 1.29 is 9.59 Å². The molecule has 2 aliphatic heterocycles. The number of nitrogens with two attached hydrogens (primary N) is 1. The lowest BCUT2D eigenvalue weighted by Gasteiger charge is -2.26. The lowest BCUT2D eigenvalue weighted by Crippen LogP contribution is -2.44. The number of piperidine rings is 1. The number of carbonyl (C=O) groups is 2. The number of hydrogen-bond acceptors (Lipinski definition) is 3. The van der Waals surface area contributed by atoms with E-state index in [1.807, 2.05) is 4.90 Å². The summed E-state index contributed by atoms with van der Waals surface area (Å²) >= 11 is 0. The molecule has 2 heterocycles. The minimum absolute atomic E-state index is 0.0461. The molecular weight excluding hydrogens is 206 g/mol. The minimum Gasteiger partial charge on any atom is -0.355 e. The van der Waals surface area contributed by atoms with E-state index in [0.717, 1.165) is 6.54 Å². The monoisotopic (exact) mass is 225 g/mol. The highest BCUT2D eigenvalue weighted by Gasteiger charge is 2.34. The smallest absolute Gasteiger partial charge is 0.227 e. The number of rotatable bonds is 1. The largest absolute Gasteiger partial charge is 0.355 e. The molecule has 0 aliphatic carbocycles. The summed E-state index contributed by atoms with van der Waals surface area (Å²) in [5.41, 5.74) is 5.89. The average molecular weight is 225 g/mol. The Kier molecular flexibility index (Phi) is 3.14. The van der Waals surface area contributed by atoms with Gasteiger partial charge in [-0.1, -0.05) is 6.92 Å². The van der Waals surface area contributed by atoms with E-state index in [0.29, 0.717) is 31.8 Å². The summed E-state index contributed by atoms with van der Waals surface area (Å²) in [5.74, 6) is 0.535. The summed E-state index contributed by atoms with van der Waals surface area (Å²) < 4.78 is 0. The molecule has 0 aromatic rings. The summed E-state index contributed by atoms with van der Waals surface area (Å²) in [7, 11) is 0. The normalized spacial score (nSPS) is 35.0. The zero-order chi connectivity index (χ0) is 11.7. The fourth-order valence-electron chi connectivity index (χ4n) is 2.37. The highest BCUT2D eigenvalue weighted by Crippen LogP contribution is 2.20. The Morgan fingerprint density at radius 1 is 1.50 bits per heavy atom. The highest BCUT2D eigenvalue weighted by molar-refractivity contribution is 5.84. The van der Waals surface area contributed by atoms with Gasteiger partial charge in [-0.05, 0) is 12.3 Å². The zero-order valence-electron chi connectivity index (χ0n) is 9.61. The highest BCUT2D eigenvalue weighted by atomic mass is 16.2. The Balaban J connectivity index is 1.90. The molecular formula is C11H19N3O2. The van der Waals surface area contributed by atoms with Crippen LogP contribution in [0.4, 0.5) is 0 Å². The SMILES string of the molecule is CC1CN(C(=O)C2CCC(=O)NC2)CC1N. The van der Waals surface area contributed by atoms with Crippen LogP contribution in [0.25, 0.3) is 0 Å². The van der Waals surface area contributed by atoms with Crippen molar-refractivity contribution in [3.8, 4) is 0 Å². The Bertz CT molecular complexity index is 286. The maximum Gasteiger partial charge on any atom is 0.227 e. The van der Waals surface area contributed by atoms with Gasteiger partial charge in [0.25, 0.3) is 0 Å². The van der Waals surface area contributed by atoms with Crippen molar-refractivity contribution in [2.45, 2.75) is 25.8 Å². The van der Waals surface area contributed by atoms with Crippen molar-refractivity contribution in [2.24, 2.45) is 17.6 Å². The lowest BCUT2D eigenvalue weighted by atomic mass is 9.98. The van der Waals surface area contributed by atoms with Crippen LogP contribution in [0.1, 0.15) is 19.8 Å². The van der Waals surface area contributed by atoms with Gasteiger partial charge in [0.1, 0.15) is 0 Å². The van der Waals surface area contributed by atoms with Crippen molar-refractivity contribution in [1.82, 2.24) is 10.2 Å². The molecule has 90 valence electrons. The van der Waals surface area contributed by atoms with E-state index in [4.69, 9.17) is 5.73 Å². The Morgan fingerprint density at radius 2 is 2.25 bits per heavy atom. The van der Waals surface area contributed by atoms with Crippen LogP contribution in [0.2, 0.25) is 0 Å². The molecule has 0 bridgehead atoms. The number of nitrogens with one attached hydrogen (secondary N) is 1. The molecule has 2 rings (SSSR count). The molecule has 2 fully saturated rings. The number of hydrogen-bond donors (Lipinski definition) is 2. The van der Waals surface area contributed by atoms with Gasteiger partial charge in [-0.2, -0.15) is 0 Å². The number of carbonyl (C=O) groups excluding carboxylic acids is 2. The van der Waals surface area contributed by atoms with Crippen molar-refractivity contribution in [3.63, 3.8) is 0 Å². The molecule has 16 heavy (non-hydrogen) atoms. The van der Waals surface area contributed by atoms with E-state index < -0.39 is 0 Å². The van der Waals surface area contributed by atoms with Crippen molar-refractivity contribution >= 4 is 11.8 Å². The number of amides is 2. The fourth-order valence-corrected chi connectivity index (χ4v) is 2.37. The Labute approximate surface area is 95.3 Å². The first-order valence-corrected chi connectivity index (χ1v) is 5.89. The summed E-state index contributed by atoms with van der Waals surface area (Å²) in [6.07, 6.45) is 1.14. The topological polar surface area (TPSA) is 75.4 Å². The average Bonchev–Trinajstić information content (AvgIpc) is 2.59. The Morgan fingerprint density at radius 3 is 2.75 bits per heavy atom. The van der Waals surface area contributed by atoms with Gasteiger partial charge in [-0.3, -0.25) is 9.59 Å². The van der Waals surface area contributed by atoms with E-state index in [9.17, 15) is 9.59 Å². The van der Waals surface area contributed by atoms with Crippen molar-refractivity contribution in [2.75, 3.05) is 19.6 Å². The van der Waals surface area contributed by atoms with Crippen LogP contribution in [0.15, 0.2) is 0 Å². The van der Waals surface area contributed by atoms with Crippen LogP contribution in [-0.2, 0) is 9.59 Å². The molecule has 3 N–H and O–H groups in total. The van der Waals surface area contributed by atoms with E-state index >= 15 is 0 Å². The summed E-state index contributed by atoms with van der Waals surface area (Å²) in [4.78, 5) is 25.0. The van der Waals surface area contributed by atoms with Gasteiger partial charge in [-0.15, -0.1) is 0 Å². The second kappa shape index (κ2) is 4.41. The third-order valence-electron chi connectivity index (χ3n) is 3.60. The maximum absolute atomic E-state index is 12.1. The van der Waals surface area contributed by atoms with Crippen LogP contribution in [0, 0.1) is 11.8 Å². The van der Waals surface area contributed by atoms with Gasteiger partial charge in [0.05, 0.1) is 5.92 Å². The molecule has 2 amide bonds. The second-order valence-electron chi connectivity index (χ2n) is 4.92. The predicted molar refractivity (Wildman–Crippen MR) is 59.5 cm³/mol. The lowest BCUT2D eigenvalue weighted by molar-refractivity contribution is -0.136. The second-order valence-corrected chi connectivity index (χ2v) is 4.92. The van der Waals surface area contributed by atoms with Gasteiger partial charge in [0, 0.05) is 32.1 Å². The van der Waals surface area contributed by atoms with Crippen LogP contribution < -0.4 is 11.1 Å². The third-order valence-corrected chi connectivity index (χ3v) is 3.60. The van der Waals surface area contributed by atoms with E-state index in [-0.39, 0.29) is 23.8 Å². The minimum atomic E-state index is -0.0461. The van der Waals surface area contributed by atoms with Gasteiger partial charge >= 0.3 is 0 Å². The van der Waals surface area contributed by atoms with Crippen LogP contribution in [0.3, 0.4) is 0 Å². The first-order chi connectivity index (χ1) is 7.58. The molecule has 0 aromatic carbocycles. The quantitative estimate of drug-likeness (QED) is 0.620. The summed E-state index contributed by atoms with van der Waals surface area (Å²) in [6, 6.07) is 0.0992. The molecule has 5 nitrogen and oxygen atoms in total. The Hall–Kier alpha value is -1.10. The van der Waals surface area contributed by atoms with Crippen LogP contribution in [-0.4, -0.2) is 42.4 Å². The first-order valence-electron chi connectivity index (χ1n) is 5.89. The summed E-state index contributed by atoms with van der Waals surface area (Å²) in [5, 5.41) is 2.74. The molecule has 2 saturated heterocycles. The van der Waals surface area contributed by atoms with Gasteiger partial charge < -0.3 is 16.0 Å². The molecule has 0 aromatic heterocycles. The molecule has 0 radical (unpaired) electrons. The van der Waals surface area contributed by atoms with Crippen LogP contribution in [0.5, 0.6) is 0 Å². The molecule has 0 spiro atoms. The van der Waals surface area contributed by atoms with Gasteiger partial charge in [-0.25, -0.2) is 0 Å². The molecule has 3 atom stereocenters. The van der Waals surface area contributed by atoms with Gasteiger partial charge in [0.15, 0.2) is 0 Å². The van der Waals surface area contributed by atoms with Crippen LogP contribution >= 0.6 is 0 Å². The summed E-state index contributed by atoms with van der Waals surface area (Å²) in [6.45, 7) is 3.97.